The van der Waals surface area contributed by atoms with Gasteiger partial charge in [-0.2, -0.15) is 0 Å². The van der Waals surface area contributed by atoms with Gasteiger partial charge in [0.15, 0.2) is 10.8 Å². The van der Waals surface area contributed by atoms with Crippen LogP contribution in [0.5, 0.6) is 0 Å². The van der Waals surface area contributed by atoms with Crippen molar-refractivity contribution in [3.63, 3.8) is 0 Å². The largest absolute Gasteiger partial charge is 0.477 e. The van der Waals surface area contributed by atoms with Crippen molar-refractivity contribution in [1.82, 2.24) is 14.5 Å². The summed E-state index contributed by atoms with van der Waals surface area (Å²) in [7, 11) is 1.86. The van der Waals surface area contributed by atoms with Gasteiger partial charge in [-0.05, 0) is 6.42 Å². The summed E-state index contributed by atoms with van der Waals surface area (Å²) in [6, 6.07) is 0. The summed E-state index contributed by atoms with van der Waals surface area (Å²) in [6.07, 6.45) is 4.09. The molecule has 0 amide bonds. The van der Waals surface area contributed by atoms with E-state index < -0.39 is 5.97 Å². The lowest BCUT2D eigenvalue weighted by Crippen LogP contribution is -1.97. The molecule has 0 bridgehead atoms. The van der Waals surface area contributed by atoms with Crippen LogP contribution in [-0.4, -0.2) is 25.6 Å². The summed E-state index contributed by atoms with van der Waals surface area (Å²) in [5.41, 5.74) is 0.621. The van der Waals surface area contributed by atoms with Crippen LogP contribution in [-0.2, 0) is 13.5 Å². The summed E-state index contributed by atoms with van der Waals surface area (Å²) < 4.78 is 1.82. The highest BCUT2D eigenvalue weighted by Gasteiger charge is 2.18. The van der Waals surface area contributed by atoms with Crippen molar-refractivity contribution >= 4 is 17.3 Å². The lowest BCUT2D eigenvalue weighted by atomic mass is 10.3. The smallest absolute Gasteiger partial charge is 0.347 e. The first-order valence-electron chi connectivity index (χ1n) is 4.84. The van der Waals surface area contributed by atoms with Gasteiger partial charge in [-0.25, -0.2) is 14.8 Å². The van der Waals surface area contributed by atoms with Gasteiger partial charge >= 0.3 is 5.97 Å². The van der Waals surface area contributed by atoms with E-state index in [2.05, 4.69) is 9.97 Å². The number of hydrogen-bond acceptors (Lipinski definition) is 4. The molecule has 0 radical (unpaired) electrons. The van der Waals surface area contributed by atoms with Crippen molar-refractivity contribution < 1.29 is 9.90 Å². The van der Waals surface area contributed by atoms with Crippen LogP contribution in [0.2, 0.25) is 0 Å². The fourth-order valence-electron chi connectivity index (χ4n) is 1.43. The third-order valence-corrected chi connectivity index (χ3v) is 3.32. The monoisotopic (exact) mass is 237 g/mol. The summed E-state index contributed by atoms with van der Waals surface area (Å²) in [5, 5.41) is 9.67. The molecule has 0 saturated carbocycles. The molecule has 16 heavy (non-hydrogen) atoms. The van der Waals surface area contributed by atoms with Crippen molar-refractivity contribution in [2.75, 3.05) is 0 Å². The number of aryl methyl sites for hydroxylation is 2. The number of aromatic carboxylic acids is 1. The zero-order valence-electron chi connectivity index (χ0n) is 8.97. The van der Waals surface area contributed by atoms with Crippen LogP contribution in [0, 0.1) is 0 Å². The molecule has 6 heteroatoms. The van der Waals surface area contributed by atoms with Gasteiger partial charge in [0.25, 0.3) is 0 Å². The van der Waals surface area contributed by atoms with E-state index in [1.165, 1.54) is 11.3 Å². The van der Waals surface area contributed by atoms with E-state index >= 15 is 0 Å². The highest BCUT2D eigenvalue weighted by molar-refractivity contribution is 7.16. The first-order chi connectivity index (χ1) is 7.63. The SMILES string of the molecule is CCc1nc(-c2nccn2C)sc1C(=O)O. The van der Waals surface area contributed by atoms with E-state index in [0.717, 1.165) is 0 Å². The predicted octanol–water partition coefficient (Wildman–Crippen LogP) is 1.80. The summed E-state index contributed by atoms with van der Waals surface area (Å²) in [5.74, 6) is -0.220. The van der Waals surface area contributed by atoms with E-state index in [4.69, 9.17) is 5.11 Å². The molecule has 0 fully saturated rings. The molecular formula is C10H11N3O2S. The predicted molar refractivity (Wildman–Crippen MR) is 60.7 cm³/mol. The van der Waals surface area contributed by atoms with Gasteiger partial charge in [0, 0.05) is 19.4 Å². The van der Waals surface area contributed by atoms with E-state index in [9.17, 15) is 4.79 Å². The maximum Gasteiger partial charge on any atom is 0.347 e. The summed E-state index contributed by atoms with van der Waals surface area (Å²) in [4.78, 5) is 19.8. The molecule has 2 heterocycles. The van der Waals surface area contributed by atoms with Gasteiger partial charge in [-0.1, -0.05) is 6.92 Å². The Labute approximate surface area is 96.4 Å². The minimum atomic E-state index is -0.921. The fraction of sp³-hybridized carbons (Fsp3) is 0.300. The molecular weight excluding hydrogens is 226 g/mol. The van der Waals surface area contributed by atoms with E-state index in [1.807, 2.05) is 24.7 Å². The third kappa shape index (κ3) is 1.71. The number of hydrogen-bond donors (Lipinski definition) is 1. The number of rotatable bonds is 3. The van der Waals surface area contributed by atoms with Gasteiger partial charge < -0.3 is 9.67 Å². The molecule has 0 aliphatic heterocycles. The van der Waals surface area contributed by atoms with Crippen molar-refractivity contribution in [2.45, 2.75) is 13.3 Å². The topological polar surface area (TPSA) is 68.0 Å². The maximum atomic E-state index is 11.0. The van der Waals surface area contributed by atoms with Crippen LogP contribution in [0.3, 0.4) is 0 Å². The summed E-state index contributed by atoms with van der Waals surface area (Å²) >= 11 is 1.17. The van der Waals surface area contributed by atoms with E-state index in [0.29, 0.717) is 27.8 Å². The molecule has 0 aliphatic rings. The lowest BCUT2D eigenvalue weighted by molar-refractivity contribution is 0.0701. The van der Waals surface area contributed by atoms with Crippen molar-refractivity contribution in [1.29, 1.82) is 0 Å². The van der Waals surface area contributed by atoms with E-state index in [1.54, 1.807) is 6.20 Å². The fourth-order valence-corrected chi connectivity index (χ4v) is 2.46. The molecule has 5 nitrogen and oxygen atoms in total. The average molecular weight is 237 g/mol. The normalized spacial score (nSPS) is 10.6. The van der Waals surface area contributed by atoms with Crippen LogP contribution in [0.4, 0.5) is 0 Å². The maximum absolute atomic E-state index is 11.0. The van der Waals surface area contributed by atoms with Gasteiger partial charge in [-0.3, -0.25) is 0 Å². The Morgan fingerprint density at radius 2 is 2.38 bits per heavy atom. The minimum absolute atomic E-state index is 0.306. The molecule has 2 rings (SSSR count). The standard InChI is InChI=1S/C10H11N3O2S/c1-3-6-7(10(14)15)16-9(12-6)8-11-4-5-13(8)2/h4-5H,3H2,1-2H3,(H,14,15). The molecule has 84 valence electrons. The van der Waals surface area contributed by atoms with Crippen LogP contribution in [0.15, 0.2) is 12.4 Å². The van der Waals surface area contributed by atoms with Crippen LogP contribution in [0.1, 0.15) is 22.3 Å². The van der Waals surface area contributed by atoms with Gasteiger partial charge in [0.05, 0.1) is 5.69 Å². The second-order valence-electron chi connectivity index (χ2n) is 3.32. The van der Waals surface area contributed by atoms with E-state index in [-0.39, 0.29) is 0 Å². The Morgan fingerprint density at radius 3 is 2.81 bits per heavy atom. The molecule has 0 aromatic carbocycles. The Balaban J connectivity index is 2.52. The second-order valence-corrected chi connectivity index (χ2v) is 4.31. The molecule has 0 atom stereocenters. The van der Waals surface area contributed by atoms with Crippen LogP contribution in [0.25, 0.3) is 10.8 Å². The zero-order chi connectivity index (χ0) is 11.7. The van der Waals surface area contributed by atoms with Crippen molar-refractivity contribution in [2.24, 2.45) is 7.05 Å². The Kier molecular flexibility index (Phi) is 2.74. The molecule has 0 spiro atoms. The van der Waals surface area contributed by atoms with Crippen LogP contribution < -0.4 is 0 Å². The Morgan fingerprint density at radius 1 is 1.62 bits per heavy atom. The highest BCUT2D eigenvalue weighted by atomic mass is 32.1. The quantitative estimate of drug-likeness (QED) is 0.883. The number of carboxylic acid groups (broad SMARTS) is 1. The van der Waals surface area contributed by atoms with Gasteiger partial charge in [0.1, 0.15) is 4.88 Å². The van der Waals surface area contributed by atoms with Crippen LogP contribution >= 0.6 is 11.3 Å². The highest BCUT2D eigenvalue weighted by Crippen LogP contribution is 2.27. The lowest BCUT2D eigenvalue weighted by Gasteiger charge is -1.94. The third-order valence-electron chi connectivity index (χ3n) is 2.24. The molecule has 0 aliphatic carbocycles. The molecule has 0 unspecified atom stereocenters. The number of carbonyl (C=O) groups is 1. The first kappa shape index (κ1) is 10.8. The van der Waals surface area contributed by atoms with Gasteiger partial charge in [-0.15, -0.1) is 11.3 Å². The summed E-state index contributed by atoms with van der Waals surface area (Å²) in [6.45, 7) is 1.89. The van der Waals surface area contributed by atoms with Gasteiger partial charge in [0.2, 0.25) is 0 Å². The van der Waals surface area contributed by atoms with Crippen molar-refractivity contribution in [3.8, 4) is 10.8 Å². The number of aromatic nitrogens is 3. The number of nitrogens with zero attached hydrogens (tertiary/aromatic N) is 3. The van der Waals surface area contributed by atoms with Crippen molar-refractivity contribution in [3.05, 3.63) is 23.0 Å². The first-order valence-corrected chi connectivity index (χ1v) is 5.65. The molecule has 2 aromatic heterocycles. The Bertz CT molecular complexity index is 530. The second kappa shape index (κ2) is 4.05. The number of carboxylic acids is 1. The molecule has 2 aromatic rings. The Hall–Kier alpha value is -1.69. The number of thiazole rings is 1. The average Bonchev–Trinajstić information content (AvgIpc) is 2.82. The molecule has 1 N–H and O–H groups in total. The molecule has 0 saturated heterocycles. The minimum Gasteiger partial charge on any atom is -0.477 e. The zero-order valence-corrected chi connectivity index (χ0v) is 9.78. The number of imidazole rings is 1.